The molecule has 0 aromatic carbocycles. The Morgan fingerprint density at radius 3 is 0.880 bits per heavy atom. The predicted octanol–water partition coefficient (Wildman–Crippen LogP) is 4.29. The van der Waals surface area contributed by atoms with E-state index in [-0.39, 0.29) is 5.16 Å². The quantitative estimate of drug-likeness (QED) is 0.443. The van der Waals surface area contributed by atoms with E-state index in [4.69, 9.17) is 25.6 Å². The molecular formula is C14H40O6Si5. The summed E-state index contributed by atoms with van der Waals surface area (Å²) in [7, 11) is -7.12. The normalized spacial score (nSPS) is 16.2. The summed E-state index contributed by atoms with van der Waals surface area (Å²) in [5, 5.41) is -0.204. The van der Waals surface area contributed by atoms with Gasteiger partial charge in [0.05, 0.1) is 5.16 Å². The third-order valence-corrected chi connectivity index (χ3v) is 20.0. The fraction of sp³-hybridized carbons (Fsp3) is 1.00. The first-order valence-electron chi connectivity index (χ1n) is 8.72. The van der Waals surface area contributed by atoms with Crippen molar-refractivity contribution in [2.45, 2.75) is 71.0 Å². The molecule has 0 bridgehead atoms. The summed E-state index contributed by atoms with van der Waals surface area (Å²) in [6.45, 7) is 21.5. The van der Waals surface area contributed by atoms with E-state index in [1.165, 1.54) is 0 Å². The van der Waals surface area contributed by atoms with E-state index in [1.54, 1.807) is 21.3 Å². The minimum absolute atomic E-state index is 0.204. The van der Waals surface area contributed by atoms with E-state index in [2.05, 4.69) is 65.8 Å². The summed E-state index contributed by atoms with van der Waals surface area (Å²) in [6.07, 6.45) is 0. The van der Waals surface area contributed by atoms with Crippen molar-refractivity contribution in [3.8, 4) is 0 Å². The van der Waals surface area contributed by atoms with Crippen molar-refractivity contribution in [2.24, 2.45) is 0 Å². The standard InChI is InChI=1S/C14H40O6Si5/c1-14(24(15-2,16-3)17-4)25(18-21(5,6)7,19-22(8,9)10)20-23(11,12)13/h14H,1-13H3. The topological polar surface area (TPSA) is 55.4 Å². The van der Waals surface area contributed by atoms with Crippen molar-refractivity contribution < 1.29 is 25.6 Å². The maximum Gasteiger partial charge on any atom is 0.507 e. The van der Waals surface area contributed by atoms with Crippen molar-refractivity contribution in [1.29, 1.82) is 0 Å². The van der Waals surface area contributed by atoms with E-state index < -0.39 is 42.6 Å². The van der Waals surface area contributed by atoms with Gasteiger partial charge in [-0.2, -0.15) is 0 Å². The molecule has 0 rings (SSSR count). The molecule has 0 saturated heterocycles. The zero-order valence-electron chi connectivity index (χ0n) is 18.5. The molecule has 0 saturated carbocycles. The summed E-state index contributed by atoms with van der Waals surface area (Å²) in [5.74, 6) is 0. The van der Waals surface area contributed by atoms with Crippen molar-refractivity contribution >= 4 is 42.6 Å². The van der Waals surface area contributed by atoms with Crippen LogP contribution in [0.15, 0.2) is 0 Å². The second-order valence-electron chi connectivity index (χ2n) is 9.18. The van der Waals surface area contributed by atoms with Crippen LogP contribution in [0, 0.1) is 0 Å². The molecule has 0 aliphatic rings. The van der Waals surface area contributed by atoms with Gasteiger partial charge in [0.25, 0.3) is 0 Å². The first-order chi connectivity index (χ1) is 11.0. The van der Waals surface area contributed by atoms with Gasteiger partial charge in [-0.25, -0.2) is 0 Å². The minimum Gasteiger partial charge on any atom is -0.417 e. The lowest BCUT2D eigenvalue weighted by molar-refractivity contribution is 0.110. The second kappa shape index (κ2) is 8.90. The van der Waals surface area contributed by atoms with Crippen LogP contribution in [-0.2, 0) is 25.6 Å². The summed E-state index contributed by atoms with van der Waals surface area (Å²) in [5.41, 5.74) is 0. The van der Waals surface area contributed by atoms with Gasteiger partial charge in [-0.3, -0.25) is 0 Å². The van der Waals surface area contributed by atoms with Crippen LogP contribution in [0.2, 0.25) is 64.1 Å². The molecule has 1 atom stereocenters. The average Bonchev–Trinajstić information content (AvgIpc) is 2.34. The Bertz CT molecular complexity index is 362. The fourth-order valence-electron chi connectivity index (χ4n) is 2.60. The molecule has 0 aliphatic carbocycles. The smallest absolute Gasteiger partial charge is 0.417 e. The maximum atomic E-state index is 6.75. The van der Waals surface area contributed by atoms with E-state index in [1.807, 2.05) is 0 Å². The molecule has 6 nitrogen and oxygen atoms in total. The van der Waals surface area contributed by atoms with Crippen LogP contribution in [0.5, 0.6) is 0 Å². The van der Waals surface area contributed by atoms with Gasteiger partial charge in [-0.15, -0.1) is 0 Å². The van der Waals surface area contributed by atoms with Crippen molar-refractivity contribution in [1.82, 2.24) is 0 Å². The summed E-state index contributed by atoms with van der Waals surface area (Å²) < 4.78 is 37.6. The highest BCUT2D eigenvalue weighted by atomic mass is 28.5. The lowest BCUT2D eigenvalue weighted by Gasteiger charge is -2.48. The van der Waals surface area contributed by atoms with Gasteiger partial charge >= 0.3 is 17.6 Å². The van der Waals surface area contributed by atoms with Crippen LogP contribution in [0.25, 0.3) is 0 Å². The lowest BCUT2D eigenvalue weighted by atomic mass is 10.9. The molecular weight excluding hydrogens is 405 g/mol. The van der Waals surface area contributed by atoms with Gasteiger partial charge in [0, 0.05) is 21.3 Å². The lowest BCUT2D eigenvalue weighted by Crippen LogP contribution is -2.68. The number of hydrogen-bond donors (Lipinski definition) is 0. The van der Waals surface area contributed by atoms with Gasteiger partial charge in [0.15, 0.2) is 25.0 Å². The van der Waals surface area contributed by atoms with Crippen LogP contribution in [0.1, 0.15) is 6.92 Å². The van der Waals surface area contributed by atoms with Crippen LogP contribution < -0.4 is 0 Å². The molecule has 25 heavy (non-hydrogen) atoms. The largest absolute Gasteiger partial charge is 0.507 e. The van der Waals surface area contributed by atoms with Gasteiger partial charge in [0.1, 0.15) is 0 Å². The first-order valence-corrected chi connectivity index (χ1v) is 22.5. The van der Waals surface area contributed by atoms with Crippen molar-refractivity contribution in [3.05, 3.63) is 0 Å². The Morgan fingerprint density at radius 1 is 0.480 bits per heavy atom. The second-order valence-corrected chi connectivity index (χ2v) is 30.3. The molecule has 0 aliphatic heterocycles. The van der Waals surface area contributed by atoms with Crippen LogP contribution >= 0.6 is 0 Å². The molecule has 0 fully saturated rings. The first kappa shape index (κ1) is 25.8. The molecule has 152 valence electrons. The monoisotopic (exact) mass is 444 g/mol. The third kappa shape index (κ3) is 8.17. The highest BCUT2D eigenvalue weighted by molar-refractivity contribution is 6.95. The van der Waals surface area contributed by atoms with Gasteiger partial charge in [-0.1, -0.05) is 6.92 Å². The van der Waals surface area contributed by atoms with E-state index in [0.29, 0.717) is 0 Å². The third-order valence-electron chi connectivity index (χ3n) is 3.26. The zero-order chi connectivity index (χ0) is 20.3. The molecule has 0 heterocycles. The molecule has 11 heteroatoms. The summed E-state index contributed by atoms with van der Waals surface area (Å²) >= 11 is 0. The van der Waals surface area contributed by atoms with Crippen molar-refractivity contribution in [3.63, 3.8) is 0 Å². The van der Waals surface area contributed by atoms with Crippen LogP contribution in [0.3, 0.4) is 0 Å². The highest BCUT2D eigenvalue weighted by Gasteiger charge is 2.65. The average molecular weight is 445 g/mol. The molecule has 0 aromatic heterocycles. The summed E-state index contributed by atoms with van der Waals surface area (Å²) in [6, 6.07) is 0. The van der Waals surface area contributed by atoms with Gasteiger partial charge in [-0.05, 0) is 58.9 Å². The van der Waals surface area contributed by atoms with Gasteiger partial charge in [0.2, 0.25) is 0 Å². The molecule has 0 aromatic rings. The van der Waals surface area contributed by atoms with E-state index >= 15 is 0 Å². The predicted molar refractivity (Wildman–Crippen MR) is 115 cm³/mol. The summed E-state index contributed by atoms with van der Waals surface area (Å²) in [4.78, 5) is 0. The highest BCUT2D eigenvalue weighted by Crippen LogP contribution is 2.40. The Kier molecular flexibility index (Phi) is 9.20. The Morgan fingerprint density at radius 2 is 0.720 bits per heavy atom. The van der Waals surface area contributed by atoms with Gasteiger partial charge < -0.3 is 25.6 Å². The van der Waals surface area contributed by atoms with Crippen LogP contribution in [-0.4, -0.2) is 63.9 Å². The zero-order valence-corrected chi connectivity index (χ0v) is 23.5. The molecule has 1 unspecified atom stereocenters. The van der Waals surface area contributed by atoms with E-state index in [0.717, 1.165) is 0 Å². The maximum absolute atomic E-state index is 6.75. The molecule has 0 radical (unpaired) electrons. The Balaban J connectivity index is 6.38. The minimum atomic E-state index is -3.13. The van der Waals surface area contributed by atoms with Crippen LogP contribution in [0.4, 0.5) is 0 Å². The molecule has 0 spiro atoms. The molecule has 0 N–H and O–H groups in total. The Hall–Kier alpha value is 0.844. The molecule has 0 amide bonds. The SMILES string of the molecule is CO[Si](OC)(OC)C(C)[Si](O[Si](C)(C)C)(O[Si](C)(C)C)O[Si](C)(C)C. The van der Waals surface area contributed by atoms with E-state index in [9.17, 15) is 0 Å². The fourth-order valence-corrected chi connectivity index (χ4v) is 22.5. The number of hydrogen-bond acceptors (Lipinski definition) is 6. The van der Waals surface area contributed by atoms with Crippen molar-refractivity contribution in [2.75, 3.05) is 21.3 Å². The Labute approximate surface area is 160 Å². The number of rotatable bonds is 11.